The molecule has 182 valence electrons. The van der Waals surface area contributed by atoms with Gasteiger partial charge >= 0.3 is 5.97 Å². The predicted octanol–water partition coefficient (Wildman–Crippen LogP) is 3.48. The largest absolute Gasteiger partial charge is 0.479 e. The zero-order chi connectivity index (χ0) is 24.8. The second kappa shape index (κ2) is 11.5. The van der Waals surface area contributed by atoms with Gasteiger partial charge in [0.2, 0.25) is 5.91 Å². The Morgan fingerprint density at radius 1 is 0.943 bits per heavy atom. The van der Waals surface area contributed by atoms with Crippen LogP contribution in [-0.2, 0) is 16.0 Å². The molecular formula is C27H28ClN3O4. The number of hydrogen-bond acceptors (Lipinski definition) is 5. The van der Waals surface area contributed by atoms with Crippen molar-refractivity contribution in [3.63, 3.8) is 0 Å². The van der Waals surface area contributed by atoms with Crippen LogP contribution in [0.4, 0.5) is 0 Å². The number of halogens is 1. The Balaban J connectivity index is 1.42. The van der Waals surface area contributed by atoms with E-state index in [1.54, 1.807) is 6.07 Å². The van der Waals surface area contributed by atoms with Crippen molar-refractivity contribution in [1.29, 1.82) is 0 Å². The second-order valence-corrected chi connectivity index (χ2v) is 9.12. The molecule has 0 spiro atoms. The van der Waals surface area contributed by atoms with Gasteiger partial charge in [0.05, 0.1) is 0 Å². The fourth-order valence-corrected chi connectivity index (χ4v) is 4.57. The quantitative estimate of drug-likeness (QED) is 0.312. The van der Waals surface area contributed by atoms with E-state index in [9.17, 15) is 19.8 Å². The number of aliphatic carboxylic acids is 1. The van der Waals surface area contributed by atoms with Gasteiger partial charge in [-0.3, -0.25) is 4.79 Å². The lowest BCUT2D eigenvalue weighted by atomic mass is 9.97. The molecule has 1 fully saturated rings. The number of carbonyl (C=O) groups is 2. The van der Waals surface area contributed by atoms with E-state index in [2.05, 4.69) is 16.2 Å². The van der Waals surface area contributed by atoms with Gasteiger partial charge in [-0.2, -0.15) is 0 Å². The highest BCUT2D eigenvalue weighted by atomic mass is 35.5. The minimum Gasteiger partial charge on any atom is -0.479 e. The van der Waals surface area contributed by atoms with E-state index in [0.29, 0.717) is 17.9 Å². The number of benzene rings is 3. The summed E-state index contributed by atoms with van der Waals surface area (Å²) in [5.41, 5.74) is 10.1. The first kappa shape index (κ1) is 24.9. The van der Waals surface area contributed by atoms with E-state index in [1.807, 2.05) is 72.8 Å². The normalized spacial score (nSPS) is 19.1. The molecule has 5 N–H and O–H groups in total. The zero-order valence-corrected chi connectivity index (χ0v) is 19.8. The molecule has 0 bridgehead atoms. The summed E-state index contributed by atoms with van der Waals surface area (Å²) in [6.45, 7) is 0. The number of carbonyl (C=O) groups excluding carboxylic acids is 1. The first-order chi connectivity index (χ1) is 16.9. The van der Waals surface area contributed by atoms with Crippen molar-refractivity contribution >= 4 is 23.5 Å². The molecule has 1 aliphatic heterocycles. The smallest absolute Gasteiger partial charge is 0.332 e. The molecular weight excluding hydrogens is 466 g/mol. The molecule has 1 heterocycles. The van der Waals surface area contributed by atoms with Gasteiger partial charge in [-0.1, -0.05) is 84.4 Å². The number of carboxylic acid groups (broad SMARTS) is 1. The van der Waals surface area contributed by atoms with E-state index >= 15 is 0 Å². The Kier molecular flexibility index (Phi) is 8.15. The highest BCUT2D eigenvalue weighted by Gasteiger charge is 2.32. The molecule has 4 rings (SSSR count). The third-order valence-corrected chi connectivity index (χ3v) is 6.53. The Hall–Kier alpha value is -3.23. The summed E-state index contributed by atoms with van der Waals surface area (Å²) >= 11 is 6.29. The standard InChI is InChI=1S/C27H28ClN3O4/c28-22-9-5-4-8-21(22)23-16-24(31-30-23)26(33)29-20(15-25(32)27(34)35)14-17-10-12-19(13-11-17)18-6-2-1-3-7-18/h1-13,20,23-25,30-32H,14-16H2,(H,29,33)(H,34,35)/t20-,23?,24?,25-/m1/s1. The predicted molar refractivity (Wildman–Crippen MR) is 135 cm³/mol. The van der Waals surface area contributed by atoms with Crippen LogP contribution in [0.15, 0.2) is 78.9 Å². The number of amides is 1. The molecule has 7 nitrogen and oxygen atoms in total. The average Bonchev–Trinajstić information content (AvgIpc) is 3.35. The summed E-state index contributed by atoms with van der Waals surface area (Å²) in [6, 6.07) is 24.1. The maximum Gasteiger partial charge on any atom is 0.332 e. The highest BCUT2D eigenvalue weighted by Crippen LogP contribution is 2.28. The topological polar surface area (TPSA) is 111 Å². The number of carboxylic acids is 1. The lowest BCUT2D eigenvalue weighted by Gasteiger charge is -2.22. The van der Waals surface area contributed by atoms with Crippen molar-refractivity contribution in [2.45, 2.75) is 43.5 Å². The van der Waals surface area contributed by atoms with Crippen molar-refractivity contribution in [2.24, 2.45) is 0 Å². The zero-order valence-electron chi connectivity index (χ0n) is 19.0. The van der Waals surface area contributed by atoms with Crippen LogP contribution in [0, 0.1) is 0 Å². The van der Waals surface area contributed by atoms with Gasteiger partial charge in [-0.25, -0.2) is 15.6 Å². The van der Waals surface area contributed by atoms with E-state index in [-0.39, 0.29) is 18.4 Å². The fraction of sp³-hybridized carbons (Fsp3) is 0.259. The van der Waals surface area contributed by atoms with Crippen LogP contribution in [0.3, 0.4) is 0 Å². The molecule has 1 saturated heterocycles. The van der Waals surface area contributed by atoms with Crippen molar-refractivity contribution in [1.82, 2.24) is 16.2 Å². The summed E-state index contributed by atoms with van der Waals surface area (Å²) in [5.74, 6) is -1.58. The Labute approximate surface area is 209 Å². The number of hydrogen-bond donors (Lipinski definition) is 5. The summed E-state index contributed by atoms with van der Waals surface area (Å²) < 4.78 is 0. The average molecular weight is 494 g/mol. The van der Waals surface area contributed by atoms with Crippen LogP contribution >= 0.6 is 11.6 Å². The lowest BCUT2D eigenvalue weighted by Crippen LogP contribution is -2.48. The van der Waals surface area contributed by atoms with Crippen LogP contribution in [0.25, 0.3) is 11.1 Å². The maximum atomic E-state index is 13.0. The first-order valence-corrected chi connectivity index (χ1v) is 11.9. The molecule has 0 aliphatic carbocycles. The summed E-state index contributed by atoms with van der Waals surface area (Å²) in [5, 5.41) is 22.7. The third-order valence-electron chi connectivity index (χ3n) is 6.18. The highest BCUT2D eigenvalue weighted by molar-refractivity contribution is 6.31. The fourth-order valence-electron chi connectivity index (χ4n) is 4.30. The number of aliphatic hydroxyl groups is 1. The molecule has 1 aliphatic rings. The van der Waals surface area contributed by atoms with Crippen molar-refractivity contribution in [2.75, 3.05) is 0 Å². The molecule has 0 radical (unpaired) electrons. The minimum absolute atomic E-state index is 0.102. The Morgan fingerprint density at radius 3 is 2.29 bits per heavy atom. The number of rotatable bonds is 9. The minimum atomic E-state index is -1.57. The van der Waals surface area contributed by atoms with Crippen LogP contribution in [0.1, 0.15) is 30.0 Å². The van der Waals surface area contributed by atoms with Gasteiger partial charge in [-0.05, 0) is 41.2 Å². The molecule has 1 amide bonds. The lowest BCUT2D eigenvalue weighted by molar-refractivity contribution is -0.147. The van der Waals surface area contributed by atoms with Gasteiger partial charge in [0.1, 0.15) is 6.04 Å². The van der Waals surface area contributed by atoms with Crippen LogP contribution in [0.5, 0.6) is 0 Å². The Morgan fingerprint density at radius 2 is 1.60 bits per heavy atom. The monoisotopic (exact) mass is 493 g/mol. The molecule has 35 heavy (non-hydrogen) atoms. The van der Waals surface area contributed by atoms with Crippen molar-refractivity contribution in [3.05, 3.63) is 95.0 Å². The molecule has 3 aromatic rings. The van der Waals surface area contributed by atoms with Crippen molar-refractivity contribution in [3.8, 4) is 11.1 Å². The molecule has 3 aromatic carbocycles. The van der Waals surface area contributed by atoms with Crippen molar-refractivity contribution < 1.29 is 19.8 Å². The van der Waals surface area contributed by atoms with E-state index in [1.165, 1.54) is 0 Å². The number of nitrogens with one attached hydrogen (secondary N) is 3. The van der Waals surface area contributed by atoms with Gasteiger partial charge in [-0.15, -0.1) is 0 Å². The van der Waals surface area contributed by atoms with Crippen LogP contribution < -0.4 is 16.2 Å². The summed E-state index contributed by atoms with van der Waals surface area (Å²) in [6.07, 6.45) is -0.806. The van der Waals surface area contributed by atoms with Crippen LogP contribution in [0.2, 0.25) is 5.02 Å². The van der Waals surface area contributed by atoms with Gasteiger partial charge in [0, 0.05) is 23.5 Å². The molecule has 0 saturated carbocycles. The third kappa shape index (κ3) is 6.46. The second-order valence-electron chi connectivity index (χ2n) is 8.71. The number of hydrazine groups is 1. The summed E-state index contributed by atoms with van der Waals surface area (Å²) in [7, 11) is 0. The molecule has 2 unspecified atom stereocenters. The van der Waals surface area contributed by atoms with Gasteiger partial charge in [0.25, 0.3) is 0 Å². The van der Waals surface area contributed by atoms with Gasteiger partial charge in [0.15, 0.2) is 6.10 Å². The molecule has 4 atom stereocenters. The van der Waals surface area contributed by atoms with Crippen LogP contribution in [-0.4, -0.2) is 40.3 Å². The number of aliphatic hydroxyl groups excluding tert-OH is 1. The Bertz CT molecular complexity index is 1160. The van der Waals surface area contributed by atoms with E-state index in [4.69, 9.17) is 11.6 Å². The van der Waals surface area contributed by atoms with Gasteiger partial charge < -0.3 is 15.5 Å². The van der Waals surface area contributed by atoms with E-state index in [0.717, 1.165) is 22.3 Å². The first-order valence-electron chi connectivity index (χ1n) is 11.5. The maximum absolute atomic E-state index is 13.0. The van der Waals surface area contributed by atoms with E-state index < -0.39 is 24.2 Å². The molecule has 8 heteroatoms. The summed E-state index contributed by atoms with van der Waals surface area (Å²) in [4.78, 5) is 24.3. The molecule has 0 aromatic heterocycles. The SMILES string of the molecule is O=C(N[C@H](Cc1ccc(-c2ccccc2)cc1)C[C@@H](O)C(=O)O)C1CC(c2ccccc2Cl)NN1.